The van der Waals surface area contributed by atoms with Gasteiger partial charge in [0.05, 0.1) is 24.0 Å². The number of urea groups is 1. The highest BCUT2D eigenvalue weighted by Crippen LogP contribution is 2.32. The van der Waals surface area contributed by atoms with Crippen LogP contribution < -0.4 is 15.5 Å². The van der Waals surface area contributed by atoms with Crippen LogP contribution in [0.5, 0.6) is 0 Å². The molecule has 0 aromatic heterocycles. The van der Waals surface area contributed by atoms with Crippen molar-refractivity contribution in [3.05, 3.63) is 89.0 Å². The standard InChI is InChI=1S/C36H45F3N4O3/c1-4-26-12-11-13-27(5-2)33(26)43(35(45)40-6-3)21-10-9-20-42-22-23-46-30(25-42)24-41-34(44)32-15-8-7-14-31(32)28-16-18-29(19-17-28)36(37,38)39/h7-8,11-19,30H,4-6,9-10,20-25H2,1-3H3,(H,40,45)(H,41,44). The first-order valence-corrected chi connectivity index (χ1v) is 16.2. The second-order valence-corrected chi connectivity index (χ2v) is 11.5. The van der Waals surface area contributed by atoms with Crippen molar-refractivity contribution in [3.63, 3.8) is 0 Å². The molecule has 1 unspecified atom stereocenters. The van der Waals surface area contributed by atoms with Gasteiger partial charge in [-0.25, -0.2) is 4.79 Å². The zero-order valence-corrected chi connectivity index (χ0v) is 27.0. The number of rotatable bonds is 13. The van der Waals surface area contributed by atoms with E-state index in [9.17, 15) is 22.8 Å². The fraction of sp³-hybridized carbons (Fsp3) is 0.444. The number of alkyl halides is 3. The molecule has 1 aliphatic rings. The number of carbonyl (C=O) groups excluding carboxylic acids is 2. The number of ether oxygens (including phenoxy) is 1. The molecular formula is C36H45F3N4O3. The van der Waals surface area contributed by atoms with Crippen LogP contribution in [0.1, 0.15) is 60.7 Å². The average molecular weight is 639 g/mol. The molecule has 248 valence electrons. The number of hydrogen-bond acceptors (Lipinski definition) is 4. The largest absolute Gasteiger partial charge is 0.416 e. The Morgan fingerprint density at radius 3 is 2.26 bits per heavy atom. The number of nitrogens with zero attached hydrogens (tertiary/aromatic N) is 2. The Labute approximate surface area is 270 Å². The third-order valence-electron chi connectivity index (χ3n) is 8.32. The second kappa shape index (κ2) is 16.6. The summed E-state index contributed by atoms with van der Waals surface area (Å²) in [6.07, 6.45) is -1.15. The van der Waals surface area contributed by atoms with E-state index in [0.29, 0.717) is 49.5 Å². The smallest absolute Gasteiger partial charge is 0.374 e. The van der Waals surface area contributed by atoms with E-state index in [2.05, 4.69) is 47.6 Å². The molecule has 1 atom stereocenters. The lowest BCUT2D eigenvalue weighted by Gasteiger charge is -2.33. The summed E-state index contributed by atoms with van der Waals surface area (Å²) in [4.78, 5) is 30.5. The van der Waals surface area contributed by atoms with Gasteiger partial charge in [-0.15, -0.1) is 0 Å². The van der Waals surface area contributed by atoms with E-state index in [1.807, 2.05) is 11.8 Å². The van der Waals surface area contributed by atoms with Crippen LogP contribution in [-0.2, 0) is 23.8 Å². The van der Waals surface area contributed by atoms with Gasteiger partial charge < -0.3 is 15.4 Å². The zero-order valence-electron chi connectivity index (χ0n) is 27.0. The summed E-state index contributed by atoms with van der Waals surface area (Å²) in [7, 11) is 0. The van der Waals surface area contributed by atoms with Crippen LogP contribution in [0, 0.1) is 0 Å². The van der Waals surface area contributed by atoms with Gasteiger partial charge in [0, 0.05) is 38.3 Å². The van der Waals surface area contributed by atoms with Crippen LogP contribution in [0.3, 0.4) is 0 Å². The van der Waals surface area contributed by atoms with Crippen molar-refractivity contribution in [2.45, 2.75) is 58.7 Å². The van der Waals surface area contributed by atoms with E-state index in [1.54, 1.807) is 24.3 Å². The molecule has 10 heteroatoms. The van der Waals surface area contributed by atoms with Crippen LogP contribution in [0.25, 0.3) is 11.1 Å². The van der Waals surface area contributed by atoms with Gasteiger partial charge in [0.25, 0.3) is 5.91 Å². The Morgan fingerprint density at radius 1 is 0.913 bits per heavy atom. The number of unbranched alkanes of at least 4 members (excludes halogenated alkanes) is 1. The van der Waals surface area contributed by atoms with Crippen molar-refractivity contribution in [1.29, 1.82) is 0 Å². The molecule has 2 N–H and O–H groups in total. The van der Waals surface area contributed by atoms with Gasteiger partial charge in [-0.2, -0.15) is 13.2 Å². The molecule has 7 nitrogen and oxygen atoms in total. The number of carbonyl (C=O) groups is 2. The number of halogens is 3. The molecule has 1 fully saturated rings. The molecule has 0 spiro atoms. The van der Waals surface area contributed by atoms with E-state index in [1.165, 1.54) is 23.3 Å². The predicted molar refractivity (Wildman–Crippen MR) is 176 cm³/mol. The highest BCUT2D eigenvalue weighted by atomic mass is 19.4. The minimum atomic E-state index is -4.42. The minimum absolute atomic E-state index is 0.0693. The third kappa shape index (κ3) is 9.10. The second-order valence-electron chi connectivity index (χ2n) is 11.5. The average Bonchev–Trinajstić information content (AvgIpc) is 3.07. The van der Waals surface area contributed by atoms with Crippen LogP contribution >= 0.6 is 0 Å². The molecule has 1 aliphatic heterocycles. The summed E-state index contributed by atoms with van der Waals surface area (Å²) in [5.41, 5.74) is 4.13. The van der Waals surface area contributed by atoms with Gasteiger partial charge in [-0.1, -0.05) is 62.4 Å². The monoisotopic (exact) mass is 638 g/mol. The molecule has 0 radical (unpaired) electrons. The summed E-state index contributed by atoms with van der Waals surface area (Å²) < 4.78 is 45.0. The third-order valence-corrected chi connectivity index (χ3v) is 8.32. The molecule has 0 saturated carbocycles. The van der Waals surface area contributed by atoms with E-state index in [4.69, 9.17) is 4.74 Å². The van der Waals surface area contributed by atoms with Crippen molar-refractivity contribution >= 4 is 17.6 Å². The molecule has 3 amide bonds. The molecule has 46 heavy (non-hydrogen) atoms. The Kier molecular flexibility index (Phi) is 12.6. The fourth-order valence-corrected chi connectivity index (χ4v) is 5.91. The van der Waals surface area contributed by atoms with Gasteiger partial charge in [0.15, 0.2) is 0 Å². The Morgan fingerprint density at radius 2 is 1.61 bits per heavy atom. The van der Waals surface area contributed by atoms with E-state index < -0.39 is 11.7 Å². The zero-order chi connectivity index (χ0) is 33.1. The molecule has 4 rings (SSSR count). The normalized spacial score (nSPS) is 15.4. The molecule has 3 aromatic carbocycles. The summed E-state index contributed by atoms with van der Waals surface area (Å²) in [5.74, 6) is -0.305. The highest BCUT2D eigenvalue weighted by molar-refractivity contribution is 6.01. The first kappa shape index (κ1) is 35.0. The molecule has 3 aromatic rings. The minimum Gasteiger partial charge on any atom is -0.374 e. The number of aryl methyl sites for hydroxylation is 2. The van der Waals surface area contributed by atoms with Crippen molar-refractivity contribution in [2.75, 3.05) is 50.8 Å². The topological polar surface area (TPSA) is 73.9 Å². The maximum absolute atomic E-state index is 13.2. The van der Waals surface area contributed by atoms with Crippen molar-refractivity contribution in [3.8, 4) is 11.1 Å². The molecule has 0 bridgehead atoms. The number of hydrogen-bond donors (Lipinski definition) is 2. The number of para-hydroxylation sites is 1. The maximum atomic E-state index is 13.2. The lowest BCUT2D eigenvalue weighted by atomic mass is 9.98. The van der Waals surface area contributed by atoms with E-state index in [0.717, 1.165) is 56.6 Å². The van der Waals surface area contributed by atoms with Crippen molar-refractivity contribution in [2.24, 2.45) is 0 Å². The quantitative estimate of drug-likeness (QED) is 0.199. The Bertz CT molecular complexity index is 1420. The van der Waals surface area contributed by atoms with Crippen LogP contribution in [0.15, 0.2) is 66.7 Å². The number of nitrogens with one attached hydrogen (secondary N) is 2. The SMILES string of the molecule is CCNC(=O)N(CCCCN1CCOC(CNC(=O)c2ccccc2-c2ccc(C(F)(F)F)cc2)C1)c1c(CC)cccc1CC. The lowest BCUT2D eigenvalue weighted by Crippen LogP contribution is -2.48. The number of morpholine rings is 1. The summed E-state index contributed by atoms with van der Waals surface area (Å²) >= 11 is 0. The predicted octanol–water partition coefficient (Wildman–Crippen LogP) is 6.94. The highest BCUT2D eigenvalue weighted by Gasteiger charge is 2.30. The van der Waals surface area contributed by atoms with Crippen LogP contribution in [0.4, 0.5) is 23.7 Å². The van der Waals surface area contributed by atoms with Gasteiger partial charge in [-0.3, -0.25) is 14.6 Å². The van der Waals surface area contributed by atoms with Gasteiger partial charge in [-0.05, 0) is 79.6 Å². The van der Waals surface area contributed by atoms with Crippen LogP contribution in [0.2, 0.25) is 0 Å². The fourth-order valence-electron chi connectivity index (χ4n) is 5.91. The number of amides is 3. The molecule has 1 saturated heterocycles. The summed E-state index contributed by atoms with van der Waals surface area (Å²) in [5, 5.41) is 5.94. The van der Waals surface area contributed by atoms with E-state index in [-0.39, 0.29) is 18.0 Å². The molecule has 0 aliphatic carbocycles. The molecule has 1 heterocycles. The van der Waals surface area contributed by atoms with Gasteiger partial charge >= 0.3 is 12.2 Å². The van der Waals surface area contributed by atoms with Crippen molar-refractivity contribution < 1.29 is 27.5 Å². The first-order chi connectivity index (χ1) is 22.2. The summed E-state index contributed by atoms with van der Waals surface area (Å²) in [6.45, 7) is 10.5. The Balaban J connectivity index is 1.30. The Hall–Kier alpha value is -3.89. The van der Waals surface area contributed by atoms with Crippen molar-refractivity contribution in [1.82, 2.24) is 15.5 Å². The first-order valence-electron chi connectivity index (χ1n) is 16.2. The van der Waals surface area contributed by atoms with Crippen LogP contribution in [-0.4, -0.2) is 68.8 Å². The number of benzene rings is 3. The van der Waals surface area contributed by atoms with Gasteiger partial charge in [0.1, 0.15) is 0 Å². The summed E-state index contributed by atoms with van der Waals surface area (Å²) in [6, 6.07) is 17.9. The van der Waals surface area contributed by atoms with E-state index >= 15 is 0 Å². The van der Waals surface area contributed by atoms with Gasteiger partial charge in [0.2, 0.25) is 0 Å². The maximum Gasteiger partial charge on any atom is 0.416 e. The molecular weight excluding hydrogens is 593 g/mol. The lowest BCUT2D eigenvalue weighted by molar-refractivity contribution is -0.137. The number of anilines is 1.